The number of ether oxygens (including phenoxy) is 2. The predicted molar refractivity (Wildman–Crippen MR) is 65.7 cm³/mol. The molecule has 1 saturated heterocycles. The molecule has 1 heterocycles. The highest BCUT2D eigenvalue weighted by Crippen LogP contribution is 2.28. The van der Waals surface area contributed by atoms with Gasteiger partial charge < -0.3 is 14.6 Å². The summed E-state index contributed by atoms with van der Waals surface area (Å²) in [4.78, 5) is 1.64. The lowest BCUT2D eigenvalue weighted by molar-refractivity contribution is -0.237. The molecule has 1 aromatic carbocycles. The van der Waals surface area contributed by atoms with Gasteiger partial charge in [-0.3, -0.25) is 4.90 Å². The fourth-order valence-electron chi connectivity index (χ4n) is 2.17. The van der Waals surface area contributed by atoms with Gasteiger partial charge in [-0.2, -0.15) is 13.2 Å². The van der Waals surface area contributed by atoms with Crippen LogP contribution in [0.3, 0.4) is 0 Å². The average molecular weight is 291 g/mol. The number of phenols is 1. The number of methoxy groups -OCH3 is 1. The minimum atomic E-state index is -4.36. The molecular formula is C13H16F3NO3. The number of halogens is 3. The van der Waals surface area contributed by atoms with Gasteiger partial charge in [0.15, 0.2) is 6.10 Å². The number of aromatic hydroxyl groups is 1. The average Bonchev–Trinajstić information content (AvgIpc) is 2.38. The molecule has 0 bridgehead atoms. The summed E-state index contributed by atoms with van der Waals surface area (Å²) in [6.07, 6.45) is -6.12. The van der Waals surface area contributed by atoms with Crippen molar-refractivity contribution in [3.05, 3.63) is 23.8 Å². The van der Waals surface area contributed by atoms with Crippen molar-refractivity contribution >= 4 is 0 Å². The van der Waals surface area contributed by atoms with E-state index in [0.717, 1.165) is 0 Å². The molecule has 112 valence electrons. The molecule has 0 aromatic heterocycles. The van der Waals surface area contributed by atoms with E-state index < -0.39 is 12.3 Å². The van der Waals surface area contributed by atoms with Gasteiger partial charge in [-0.25, -0.2) is 0 Å². The zero-order valence-corrected chi connectivity index (χ0v) is 11.0. The summed E-state index contributed by atoms with van der Waals surface area (Å²) in [7, 11) is 1.48. The van der Waals surface area contributed by atoms with Crippen LogP contribution in [0.5, 0.6) is 11.5 Å². The Bertz CT molecular complexity index is 465. The van der Waals surface area contributed by atoms with Gasteiger partial charge in [0.2, 0.25) is 0 Å². The van der Waals surface area contributed by atoms with E-state index in [0.29, 0.717) is 17.9 Å². The molecule has 1 aliphatic heterocycles. The lowest BCUT2D eigenvalue weighted by Crippen LogP contribution is -2.48. The molecule has 4 nitrogen and oxygen atoms in total. The SMILES string of the molecule is COc1ccc(O)cc1CN1CCO[C@H](C(F)(F)F)C1. The van der Waals surface area contributed by atoms with Gasteiger partial charge in [0.25, 0.3) is 0 Å². The maximum absolute atomic E-state index is 12.6. The smallest absolute Gasteiger partial charge is 0.415 e. The first-order valence-corrected chi connectivity index (χ1v) is 6.16. The molecule has 0 aliphatic carbocycles. The topological polar surface area (TPSA) is 41.9 Å². The van der Waals surface area contributed by atoms with E-state index in [-0.39, 0.29) is 25.4 Å². The molecule has 0 amide bonds. The van der Waals surface area contributed by atoms with Crippen molar-refractivity contribution in [1.82, 2.24) is 4.90 Å². The van der Waals surface area contributed by atoms with Crippen molar-refractivity contribution in [2.75, 3.05) is 26.8 Å². The van der Waals surface area contributed by atoms with Crippen molar-refractivity contribution < 1.29 is 27.8 Å². The lowest BCUT2D eigenvalue weighted by Gasteiger charge is -2.34. The molecule has 0 radical (unpaired) electrons. The summed E-state index contributed by atoms with van der Waals surface area (Å²) >= 11 is 0. The number of nitrogens with zero attached hydrogens (tertiary/aromatic N) is 1. The number of hydrogen-bond acceptors (Lipinski definition) is 4. The van der Waals surface area contributed by atoms with E-state index in [1.54, 1.807) is 11.0 Å². The number of morpholine rings is 1. The molecular weight excluding hydrogens is 275 g/mol. The van der Waals surface area contributed by atoms with E-state index in [2.05, 4.69) is 0 Å². The highest BCUT2D eigenvalue weighted by molar-refractivity contribution is 5.39. The van der Waals surface area contributed by atoms with Crippen LogP contribution in [0.1, 0.15) is 5.56 Å². The standard InChI is InChI=1S/C13H16F3NO3/c1-19-11-3-2-10(18)6-9(11)7-17-4-5-20-12(8-17)13(14,15)16/h2-3,6,12,18H,4-5,7-8H2,1H3/t12-/m0/s1. The van der Waals surface area contributed by atoms with Crippen LogP contribution >= 0.6 is 0 Å². The maximum atomic E-state index is 12.6. The van der Waals surface area contributed by atoms with Crippen molar-refractivity contribution in [1.29, 1.82) is 0 Å². The monoisotopic (exact) mass is 291 g/mol. The van der Waals surface area contributed by atoms with Gasteiger partial charge in [-0.15, -0.1) is 0 Å². The molecule has 0 spiro atoms. The van der Waals surface area contributed by atoms with Gasteiger partial charge in [0.1, 0.15) is 11.5 Å². The molecule has 7 heteroatoms. The number of rotatable bonds is 3. The largest absolute Gasteiger partial charge is 0.508 e. The second kappa shape index (κ2) is 5.88. The number of phenolic OH excluding ortho intramolecular Hbond substituents is 1. The molecule has 1 atom stereocenters. The molecule has 1 aromatic rings. The van der Waals surface area contributed by atoms with E-state index >= 15 is 0 Å². The van der Waals surface area contributed by atoms with Crippen molar-refractivity contribution in [2.45, 2.75) is 18.8 Å². The van der Waals surface area contributed by atoms with Gasteiger partial charge >= 0.3 is 6.18 Å². The first-order chi connectivity index (χ1) is 9.40. The van der Waals surface area contributed by atoms with Gasteiger partial charge in [0.05, 0.1) is 13.7 Å². The zero-order chi connectivity index (χ0) is 14.8. The molecule has 1 N–H and O–H groups in total. The Morgan fingerprint density at radius 3 is 2.85 bits per heavy atom. The third-order valence-corrected chi connectivity index (χ3v) is 3.17. The quantitative estimate of drug-likeness (QED) is 0.926. The van der Waals surface area contributed by atoms with Crippen LogP contribution < -0.4 is 4.74 Å². The Morgan fingerprint density at radius 1 is 1.45 bits per heavy atom. The van der Waals surface area contributed by atoms with Gasteiger partial charge in [-0.1, -0.05) is 0 Å². The summed E-state index contributed by atoms with van der Waals surface area (Å²) in [5, 5.41) is 9.46. The highest BCUT2D eigenvalue weighted by atomic mass is 19.4. The second-order valence-electron chi connectivity index (χ2n) is 4.63. The fraction of sp³-hybridized carbons (Fsp3) is 0.538. The van der Waals surface area contributed by atoms with Crippen LogP contribution in [0.2, 0.25) is 0 Å². The van der Waals surface area contributed by atoms with E-state index in [1.165, 1.54) is 19.2 Å². The van der Waals surface area contributed by atoms with Crippen LogP contribution in [0.15, 0.2) is 18.2 Å². The number of benzene rings is 1. The molecule has 1 fully saturated rings. The van der Waals surface area contributed by atoms with E-state index in [4.69, 9.17) is 9.47 Å². The number of alkyl halides is 3. The summed E-state index contributed by atoms with van der Waals surface area (Å²) < 4.78 is 47.8. The Kier molecular flexibility index (Phi) is 4.39. The van der Waals surface area contributed by atoms with Crippen LogP contribution in [-0.2, 0) is 11.3 Å². The van der Waals surface area contributed by atoms with Crippen molar-refractivity contribution in [3.8, 4) is 11.5 Å². The maximum Gasteiger partial charge on any atom is 0.415 e. The summed E-state index contributed by atoms with van der Waals surface area (Å²) in [6, 6.07) is 4.56. The Hall–Kier alpha value is -1.47. The first kappa shape index (κ1) is 14.9. The third kappa shape index (κ3) is 3.55. The zero-order valence-electron chi connectivity index (χ0n) is 11.0. The summed E-state index contributed by atoms with van der Waals surface area (Å²) in [5.74, 6) is 0.597. The van der Waals surface area contributed by atoms with E-state index in [9.17, 15) is 18.3 Å². The van der Waals surface area contributed by atoms with Crippen molar-refractivity contribution in [2.24, 2.45) is 0 Å². The van der Waals surface area contributed by atoms with Gasteiger partial charge in [-0.05, 0) is 18.2 Å². The molecule has 0 unspecified atom stereocenters. The molecule has 20 heavy (non-hydrogen) atoms. The Balaban J connectivity index is 2.08. The Morgan fingerprint density at radius 2 is 2.20 bits per heavy atom. The third-order valence-electron chi connectivity index (χ3n) is 3.17. The first-order valence-electron chi connectivity index (χ1n) is 6.16. The van der Waals surface area contributed by atoms with E-state index in [1.807, 2.05) is 0 Å². The molecule has 1 aliphatic rings. The second-order valence-corrected chi connectivity index (χ2v) is 4.63. The van der Waals surface area contributed by atoms with Gasteiger partial charge in [0, 0.05) is 25.2 Å². The predicted octanol–water partition coefficient (Wildman–Crippen LogP) is 2.16. The minimum Gasteiger partial charge on any atom is -0.508 e. The minimum absolute atomic E-state index is 0.0330. The van der Waals surface area contributed by atoms with Crippen LogP contribution in [-0.4, -0.2) is 49.1 Å². The molecule has 0 saturated carbocycles. The number of hydrogen-bond donors (Lipinski definition) is 1. The van der Waals surface area contributed by atoms with Crippen LogP contribution in [0.25, 0.3) is 0 Å². The normalized spacial score (nSPS) is 20.9. The van der Waals surface area contributed by atoms with Crippen molar-refractivity contribution in [3.63, 3.8) is 0 Å². The van der Waals surface area contributed by atoms with Crippen LogP contribution in [0, 0.1) is 0 Å². The fourth-order valence-corrected chi connectivity index (χ4v) is 2.17. The summed E-state index contributed by atoms with van der Waals surface area (Å²) in [5.41, 5.74) is 0.648. The van der Waals surface area contributed by atoms with Crippen LogP contribution in [0.4, 0.5) is 13.2 Å². The highest BCUT2D eigenvalue weighted by Gasteiger charge is 2.43. The summed E-state index contributed by atoms with van der Waals surface area (Å²) in [6.45, 7) is 0.493. The molecule has 2 rings (SSSR count). The Labute approximate surface area is 114 Å². The lowest BCUT2D eigenvalue weighted by atomic mass is 10.1.